The Labute approximate surface area is 145 Å². The lowest BCUT2D eigenvalue weighted by Crippen LogP contribution is -2.28. The van der Waals surface area contributed by atoms with Gasteiger partial charge in [-0.3, -0.25) is 0 Å². The number of halogens is 3. The van der Waals surface area contributed by atoms with E-state index in [0.717, 1.165) is 22.8 Å². The first kappa shape index (κ1) is 17.1. The Kier molecular flexibility index (Phi) is 4.80. The van der Waals surface area contributed by atoms with Crippen molar-refractivity contribution in [1.82, 2.24) is 5.32 Å². The lowest BCUT2D eigenvalue weighted by Gasteiger charge is -2.09. The first-order valence-corrected chi connectivity index (χ1v) is 8.14. The molecule has 0 spiro atoms. The van der Waals surface area contributed by atoms with Gasteiger partial charge in [-0.15, -0.1) is 11.3 Å². The van der Waals surface area contributed by atoms with E-state index in [-0.39, 0.29) is 12.2 Å². The van der Waals surface area contributed by atoms with Crippen LogP contribution in [0.4, 0.5) is 23.7 Å². The summed E-state index contributed by atoms with van der Waals surface area (Å²) >= 11 is 1.54. The first-order chi connectivity index (χ1) is 11.9. The highest BCUT2D eigenvalue weighted by atomic mass is 32.1. The fraction of sp³-hybridized carbons (Fsp3) is 0.118. The Morgan fingerprint density at radius 1 is 1.08 bits per heavy atom. The minimum atomic E-state index is -4.40. The predicted octanol–water partition coefficient (Wildman–Crippen LogP) is 5.35. The molecule has 0 bridgehead atoms. The number of thiophene rings is 1. The van der Waals surface area contributed by atoms with E-state index < -0.39 is 17.8 Å². The molecule has 3 aromatic rings. The number of alkyl halides is 3. The first-order valence-electron chi connectivity index (χ1n) is 7.26. The van der Waals surface area contributed by atoms with Crippen molar-refractivity contribution in [3.8, 4) is 10.6 Å². The van der Waals surface area contributed by atoms with Crippen LogP contribution in [-0.4, -0.2) is 6.03 Å². The van der Waals surface area contributed by atoms with Crippen LogP contribution in [0.5, 0.6) is 0 Å². The van der Waals surface area contributed by atoms with Gasteiger partial charge >= 0.3 is 12.2 Å². The summed E-state index contributed by atoms with van der Waals surface area (Å²) in [7, 11) is 0. The molecule has 0 aliphatic carbocycles. The van der Waals surface area contributed by atoms with E-state index in [1.807, 2.05) is 23.6 Å². The van der Waals surface area contributed by atoms with Crippen LogP contribution in [0.25, 0.3) is 10.6 Å². The molecule has 8 heteroatoms. The second kappa shape index (κ2) is 7.02. The van der Waals surface area contributed by atoms with Crippen LogP contribution in [-0.2, 0) is 12.7 Å². The molecule has 3 rings (SSSR count). The zero-order chi connectivity index (χ0) is 17.9. The van der Waals surface area contributed by atoms with Gasteiger partial charge in [-0.2, -0.15) is 13.2 Å². The number of carbonyl (C=O) groups excluding carboxylic acids is 1. The highest BCUT2D eigenvalue weighted by molar-refractivity contribution is 7.13. The number of benzene rings is 1. The summed E-state index contributed by atoms with van der Waals surface area (Å²) in [4.78, 5) is 12.8. The molecule has 1 aromatic carbocycles. The van der Waals surface area contributed by atoms with Gasteiger partial charge in [0, 0.05) is 5.69 Å². The number of urea groups is 1. The third-order valence-corrected chi connectivity index (χ3v) is 4.20. The predicted molar refractivity (Wildman–Crippen MR) is 89.3 cm³/mol. The van der Waals surface area contributed by atoms with Gasteiger partial charge < -0.3 is 15.1 Å². The molecule has 0 radical (unpaired) electrons. The molecule has 0 fully saturated rings. The monoisotopic (exact) mass is 366 g/mol. The number of hydrogen-bond donors (Lipinski definition) is 2. The van der Waals surface area contributed by atoms with Crippen LogP contribution in [0.15, 0.2) is 58.3 Å². The number of rotatable bonds is 4. The molecule has 0 atom stereocenters. The van der Waals surface area contributed by atoms with Crippen LogP contribution in [0, 0.1) is 0 Å². The third-order valence-electron chi connectivity index (χ3n) is 3.32. The van der Waals surface area contributed by atoms with Crippen molar-refractivity contribution in [2.45, 2.75) is 12.7 Å². The van der Waals surface area contributed by atoms with E-state index in [9.17, 15) is 18.0 Å². The molecule has 4 nitrogen and oxygen atoms in total. The van der Waals surface area contributed by atoms with Gasteiger partial charge in [0.15, 0.2) is 0 Å². The number of anilines is 1. The van der Waals surface area contributed by atoms with Gasteiger partial charge in [0.05, 0.1) is 17.0 Å². The third kappa shape index (κ3) is 4.42. The Balaban J connectivity index is 1.53. The number of nitrogens with one attached hydrogen (secondary N) is 2. The molecule has 0 unspecified atom stereocenters. The van der Waals surface area contributed by atoms with E-state index in [1.54, 1.807) is 17.4 Å². The van der Waals surface area contributed by atoms with Crippen molar-refractivity contribution in [3.63, 3.8) is 0 Å². The number of furan rings is 1. The lowest BCUT2D eigenvalue weighted by molar-refractivity contribution is -0.137. The molecule has 130 valence electrons. The maximum absolute atomic E-state index is 12.5. The summed E-state index contributed by atoms with van der Waals surface area (Å²) in [6.07, 6.45) is -4.40. The van der Waals surface area contributed by atoms with Crippen LogP contribution in [0.2, 0.25) is 0 Å². The van der Waals surface area contributed by atoms with Crippen molar-refractivity contribution in [2.75, 3.05) is 5.32 Å². The van der Waals surface area contributed by atoms with Gasteiger partial charge in [-0.1, -0.05) is 6.07 Å². The van der Waals surface area contributed by atoms with Gasteiger partial charge in [0.25, 0.3) is 0 Å². The Bertz CT molecular complexity index is 840. The SMILES string of the molecule is O=C(NCc1ccc(-c2cccs2)o1)Nc1ccc(C(F)(F)F)cc1. The van der Waals surface area contributed by atoms with E-state index in [4.69, 9.17) is 4.42 Å². The normalized spacial score (nSPS) is 11.3. The molecule has 0 saturated carbocycles. The summed E-state index contributed by atoms with van der Waals surface area (Å²) in [5, 5.41) is 6.99. The Morgan fingerprint density at radius 2 is 1.84 bits per heavy atom. The van der Waals surface area contributed by atoms with Crippen LogP contribution in [0.1, 0.15) is 11.3 Å². The van der Waals surface area contributed by atoms with E-state index >= 15 is 0 Å². The van der Waals surface area contributed by atoms with Gasteiger partial charge in [0.2, 0.25) is 0 Å². The number of hydrogen-bond acceptors (Lipinski definition) is 3. The molecule has 0 saturated heterocycles. The maximum Gasteiger partial charge on any atom is 0.416 e. The lowest BCUT2D eigenvalue weighted by atomic mass is 10.2. The molecule has 0 aliphatic heterocycles. The standard InChI is InChI=1S/C17H13F3N2O2S/c18-17(19,20)11-3-5-12(6-4-11)22-16(23)21-10-13-7-8-14(24-13)15-2-1-9-25-15/h1-9H,10H2,(H2,21,22,23). The molecule has 25 heavy (non-hydrogen) atoms. The van der Waals surface area contributed by atoms with Gasteiger partial charge in [0.1, 0.15) is 11.5 Å². The second-order valence-corrected chi connectivity index (χ2v) is 6.07. The molecular formula is C17H13F3N2O2S. The summed E-state index contributed by atoms with van der Waals surface area (Å²) in [6, 6.07) is 11.1. The summed E-state index contributed by atoms with van der Waals surface area (Å²) < 4.78 is 43.1. The van der Waals surface area contributed by atoms with Crippen molar-refractivity contribution in [3.05, 3.63) is 65.2 Å². The van der Waals surface area contributed by atoms with Crippen molar-refractivity contribution in [1.29, 1.82) is 0 Å². The molecule has 0 aliphatic rings. The highest BCUT2D eigenvalue weighted by Crippen LogP contribution is 2.30. The zero-order valence-corrected chi connectivity index (χ0v) is 13.6. The largest absolute Gasteiger partial charge is 0.458 e. The maximum atomic E-state index is 12.5. The van der Waals surface area contributed by atoms with E-state index in [0.29, 0.717) is 5.76 Å². The minimum absolute atomic E-state index is 0.165. The van der Waals surface area contributed by atoms with Crippen LogP contribution in [0.3, 0.4) is 0 Å². The van der Waals surface area contributed by atoms with Crippen molar-refractivity contribution < 1.29 is 22.4 Å². The second-order valence-electron chi connectivity index (χ2n) is 5.13. The number of carbonyl (C=O) groups is 1. The quantitative estimate of drug-likeness (QED) is 0.654. The fourth-order valence-corrected chi connectivity index (χ4v) is 2.80. The van der Waals surface area contributed by atoms with Gasteiger partial charge in [-0.05, 0) is 47.8 Å². The summed E-state index contributed by atoms with van der Waals surface area (Å²) in [5.41, 5.74) is -0.501. The van der Waals surface area contributed by atoms with E-state index in [1.165, 1.54) is 12.1 Å². The minimum Gasteiger partial charge on any atom is -0.458 e. The Hall–Kier alpha value is -2.74. The zero-order valence-electron chi connectivity index (χ0n) is 12.8. The Morgan fingerprint density at radius 3 is 2.48 bits per heavy atom. The van der Waals surface area contributed by atoms with Crippen LogP contribution < -0.4 is 10.6 Å². The topological polar surface area (TPSA) is 54.3 Å². The summed E-state index contributed by atoms with van der Waals surface area (Å²) in [6.45, 7) is 0.165. The van der Waals surface area contributed by atoms with Gasteiger partial charge in [-0.25, -0.2) is 4.79 Å². The smallest absolute Gasteiger partial charge is 0.416 e. The fourth-order valence-electron chi connectivity index (χ4n) is 2.11. The molecule has 2 N–H and O–H groups in total. The van der Waals surface area contributed by atoms with Crippen LogP contribution >= 0.6 is 11.3 Å². The van der Waals surface area contributed by atoms with Crippen molar-refractivity contribution in [2.24, 2.45) is 0 Å². The van der Waals surface area contributed by atoms with Crippen molar-refractivity contribution >= 4 is 23.1 Å². The average molecular weight is 366 g/mol. The van der Waals surface area contributed by atoms with E-state index in [2.05, 4.69) is 10.6 Å². The molecule has 2 heterocycles. The molecule has 2 aromatic heterocycles. The highest BCUT2D eigenvalue weighted by Gasteiger charge is 2.29. The molecule has 2 amide bonds. The molecular weight excluding hydrogens is 353 g/mol. The summed E-state index contributed by atoms with van der Waals surface area (Å²) in [5.74, 6) is 1.29. The number of amides is 2. The average Bonchev–Trinajstić information content (AvgIpc) is 3.24.